The SMILES string of the molecule is Fc1ccccc1C1CC12CCCNC2. The lowest BCUT2D eigenvalue weighted by Gasteiger charge is -2.23. The van der Waals surface area contributed by atoms with E-state index in [1.54, 1.807) is 12.1 Å². The molecule has 15 heavy (non-hydrogen) atoms. The van der Waals surface area contributed by atoms with Crippen molar-refractivity contribution in [2.45, 2.75) is 25.2 Å². The number of hydrogen-bond acceptors (Lipinski definition) is 1. The first-order valence-corrected chi connectivity index (χ1v) is 5.77. The molecular weight excluding hydrogens is 189 g/mol. The van der Waals surface area contributed by atoms with E-state index in [2.05, 4.69) is 5.32 Å². The summed E-state index contributed by atoms with van der Waals surface area (Å²) in [6.07, 6.45) is 3.67. The van der Waals surface area contributed by atoms with Crippen LogP contribution in [0.2, 0.25) is 0 Å². The maximum atomic E-state index is 13.6. The fourth-order valence-corrected chi connectivity index (χ4v) is 3.01. The lowest BCUT2D eigenvalue weighted by atomic mass is 9.91. The van der Waals surface area contributed by atoms with Crippen LogP contribution in [0.25, 0.3) is 0 Å². The van der Waals surface area contributed by atoms with Crippen molar-refractivity contribution in [3.63, 3.8) is 0 Å². The van der Waals surface area contributed by atoms with Gasteiger partial charge in [-0.2, -0.15) is 0 Å². The largest absolute Gasteiger partial charge is 0.316 e. The highest BCUT2D eigenvalue weighted by molar-refractivity contribution is 5.31. The van der Waals surface area contributed by atoms with Gasteiger partial charge in [0.1, 0.15) is 5.82 Å². The number of piperidine rings is 1. The van der Waals surface area contributed by atoms with Crippen LogP contribution in [0, 0.1) is 11.2 Å². The van der Waals surface area contributed by atoms with Gasteiger partial charge in [-0.1, -0.05) is 18.2 Å². The van der Waals surface area contributed by atoms with Gasteiger partial charge in [0, 0.05) is 6.54 Å². The van der Waals surface area contributed by atoms with E-state index in [-0.39, 0.29) is 5.82 Å². The van der Waals surface area contributed by atoms with Crippen LogP contribution < -0.4 is 5.32 Å². The van der Waals surface area contributed by atoms with Crippen molar-refractivity contribution in [3.8, 4) is 0 Å². The zero-order chi connectivity index (χ0) is 10.3. The summed E-state index contributed by atoms with van der Waals surface area (Å²) in [5.41, 5.74) is 1.32. The first-order chi connectivity index (χ1) is 7.32. The van der Waals surface area contributed by atoms with Crippen LogP contribution in [0.15, 0.2) is 24.3 Å². The summed E-state index contributed by atoms with van der Waals surface area (Å²) >= 11 is 0. The minimum atomic E-state index is -0.0232. The second kappa shape index (κ2) is 3.31. The van der Waals surface area contributed by atoms with Gasteiger partial charge in [0.05, 0.1) is 0 Å². The molecule has 1 spiro atoms. The maximum Gasteiger partial charge on any atom is 0.126 e. The molecule has 2 heteroatoms. The Hall–Kier alpha value is -0.890. The van der Waals surface area contributed by atoms with Gasteiger partial charge < -0.3 is 5.32 Å². The van der Waals surface area contributed by atoms with Crippen molar-refractivity contribution < 1.29 is 4.39 Å². The van der Waals surface area contributed by atoms with Gasteiger partial charge in [0.15, 0.2) is 0 Å². The number of hydrogen-bond donors (Lipinski definition) is 1. The van der Waals surface area contributed by atoms with E-state index in [1.165, 1.54) is 19.3 Å². The van der Waals surface area contributed by atoms with Crippen LogP contribution in [0.1, 0.15) is 30.7 Å². The molecule has 1 aliphatic carbocycles. The third-order valence-corrected chi connectivity index (χ3v) is 3.98. The fraction of sp³-hybridized carbons (Fsp3) is 0.538. The highest BCUT2D eigenvalue weighted by Crippen LogP contribution is 2.62. The monoisotopic (exact) mass is 205 g/mol. The summed E-state index contributed by atoms with van der Waals surface area (Å²) in [7, 11) is 0. The van der Waals surface area contributed by atoms with Crippen molar-refractivity contribution in [2.75, 3.05) is 13.1 Å². The predicted molar refractivity (Wildman–Crippen MR) is 58.3 cm³/mol. The zero-order valence-electron chi connectivity index (χ0n) is 8.80. The van der Waals surface area contributed by atoms with E-state index in [9.17, 15) is 4.39 Å². The third kappa shape index (κ3) is 1.48. The summed E-state index contributed by atoms with van der Waals surface area (Å²) < 4.78 is 13.6. The third-order valence-electron chi connectivity index (χ3n) is 3.98. The molecule has 1 saturated heterocycles. The number of rotatable bonds is 1. The molecule has 1 nitrogen and oxygen atoms in total. The first kappa shape index (κ1) is 9.34. The first-order valence-electron chi connectivity index (χ1n) is 5.77. The van der Waals surface area contributed by atoms with Gasteiger partial charge >= 0.3 is 0 Å². The van der Waals surface area contributed by atoms with E-state index >= 15 is 0 Å². The summed E-state index contributed by atoms with van der Waals surface area (Å²) in [6.45, 7) is 2.21. The van der Waals surface area contributed by atoms with Gasteiger partial charge in [-0.3, -0.25) is 0 Å². The second-order valence-corrected chi connectivity index (χ2v) is 4.92. The normalized spacial score (nSPS) is 34.3. The molecule has 1 N–H and O–H groups in total. The number of nitrogens with one attached hydrogen (secondary N) is 1. The van der Waals surface area contributed by atoms with Crippen molar-refractivity contribution in [1.29, 1.82) is 0 Å². The minimum absolute atomic E-state index is 0.0232. The Labute approximate surface area is 89.7 Å². The van der Waals surface area contributed by atoms with Gasteiger partial charge in [-0.05, 0) is 48.8 Å². The molecule has 2 unspecified atom stereocenters. The molecule has 3 rings (SSSR count). The van der Waals surface area contributed by atoms with Crippen molar-refractivity contribution >= 4 is 0 Å². The maximum absolute atomic E-state index is 13.6. The van der Waals surface area contributed by atoms with Crippen LogP contribution >= 0.6 is 0 Å². The molecule has 1 saturated carbocycles. The molecule has 1 aliphatic heterocycles. The smallest absolute Gasteiger partial charge is 0.126 e. The highest BCUT2D eigenvalue weighted by atomic mass is 19.1. The minimum Gasteiger partial charge on any atom is -0.316 e. The lowest BCUT2D eigenvalue weighted by Crippen LogP contribution is -2.32. The molecule has 0 bridgehead atoms. The lowest BCUT2D eigenvalue weighted by molar-refractivity contribution is 0.345. The summed E-state index contributed by atoms with van der Waals surface area (Å²) in [4.78, 5) is 0. The molecule has 2 aliphatic rings. The van der Waals surface area contributed by atoms with Crippen molar-refractivity contribution in [1.82, 2.24) is 5.32 Å². The zero-order valence-corrected chi connectivity index (χ0v) is 8.80. The summed E-state index contributed by atoms with van der Waals surface area (Å²) in [5, 5.41) is 3.43. The standard InChI is InChI=1S/C13H16FN/c14-12-5-2-1-4-10(12)11-8-13(11)6-3-7-15-9-13/h1-2,4-5,11,15H,3,6-9H2. The molecule has 1 aromatic rings. The number of benzene rings is 1. The number of halogens is 1. The van der Waals surface area contributed by atoms with Crippen LogP contribution in [0.4, 0.5) is 4.39 Å². The van der Waals surface area contributed by atoms with Crippen LogP contribution in [0.5, 0.6) is 0 Å². The van der Waals surface area contributed by atoms with E-state index < -0.39 is 0 Å². The van der Waals surface area contributed by atoms with Crippen molar-refractivity contribution in [2.24, 2.45) is 5.41 Å². The van der Waals surface area contributed by atoms with Gasteiger partial charge in [0.25, 0.3) is 0 Å². The Kier molecular flexibility index (Phi) is 2.06. The average Bonchev–Trinajstić information content (AvgIpc) is 2.94. The summed E-state index contributed by atoms with van der Waals surface area (Å²) in [5.74, 6) is 0.441. The topological polar surface area (TPSA) is 12.0 Å². The van der Waals surface area contributed by atoms with E-state index in [0.717, 1.165) is 18.7 Å². The van der Waals surface area contributed by atoms with E-state index in [1.807, 2.05) is 12.1 Å². The highest BCUT2D eigenvalue weighted by Gasteiger charge is 2.55. The molecule has 0 amide bonds. The van der Waals surface area contributed by atoms with Crippen LogP contribution in [-0.4, -0.2) is 13.1 Å². The molecular formula is C13H16FN. The molecule has 2 fully saturated rings. The molecule has 1 aromatic carbocycles. The average molecular weight is 205 g/mol. The quantitative estimate of drug-likeness (QED) is 0.743. The fourth-order valence-electron chi connectivity index (χ4n) is 3.01. The Balaban J connectivity index is 1.84. The van der Waals surface area contributed by atoms with E-state index in [4.69, 9.17) is 0 Å². The van der Waals surface area contributed by atoms with Crippen LogP contribution in [-0.2, 0) is 0 Å². The van der Waals surface area contributed by atoms with Crippen molar-refractivity contribution in [3.05, 3.63) is 35.6 Å². The molecule has 80 valence electrons. The molecule has 1 heterocycles. The molecule has 2 atom stereocenters. The Morgan fingerprint density at radius 2 is 2.20 bits per heavy atom. The molecule has 0 aromatic heterocycles. The van der Waals surface area contributed by atoms with E-state index in [0.29, 0.717) is 11.3 Å². The second-order valence-electron chi connectivity index (χ2n) is 4.92. The van der Waals surface area contributed by atoms with Gasteiger partial charge in [-0.25, -0.2) is 4.39 Å². The Morgan fingerprint density at radius 1 is 1.33 bits per heavy atom. The van der Waals surface area contributed by atoms with Gasteiger partial charge in [0.2, 0.25) is 0 Å². The van der Waals surface area contributed by atoms with Gasteiger partial charge in [-0.15, -0.1) is 0 Å². The van der Waals surface area contributed by atoms with Crippen LogP contribution in [0.3, 0.4) is 0 Å². The Bertz CT molecular complexity index is 369. The predicted octanol–water partition coefficient (Wildman–Crippen LogP) is 2.68. The molecule has 0 radical (unpaired) electrons. The Morgan fingerprint density at radius 3 is 2.93 bits per heavy atom. The summed E-state index contributed by atoms with van der Waals surface area (Å²) in [6, 6.07) is 7.24.